The Kier molecular flexibility index (Phi) is 5.02. The first-order valence-electron chi connectivity index (χ1n) is 6.31. The summed E-state index contributed by atoms with van der Waals surface area (Å²) in [7, 11) is 1.98. The average molecular weight is 340 g/mol. The van der Waals surface area contributed by atoms with Crippen LogP contribution in [-0.4, -0.2) is 13.7 Å². The summed E-state index contributed by atoms with van der Waals surface area (Å²) in [6.07, 6.45) is 0. The first-order chi connectivity index (χ1) is 9.15. The van der Waals surface area contributed by atoms with Crippen molar-refractivity contribution >= 4 is 27.3 Å². The zero-order valence-electron chi connectivity index (χ0n) is 11.4. The number of nitrogens with one attached hydrogen (secondary N) is 1. The van der Waals surface area contributed by atoms with Gasteiger partial charge in [0.05, 0.1) is 16.4 Å². The van der Waals surface area contributed by atoms with E-state index in [0.29, 0.717) is 6.61 Å². The van der Waals surface area contributed by atoms with E-state index in [1.807, 2.05) is 14.0 Å². The highest BCUT2D eigenvalue weighted by atomic mass is 79.9. The summed E-state index contributed by atoms with van der Waals surface area (Å²) < 4.78 is 6.90. The van der Waals surface area contributed by atoms with Gasteiger partial charge in [0.25, 0.3) is 0 Å². The number of halogens is 1. The summed E-state index contributed by atoms with van der Waals surface area (Å²) in [6.45, 7) is 4.80. The predicted molar refractivity (Wildman–Crippen MR) is 85.3 cm³/mol. The molecule has 0 aliphatic carbocycles. The maximum Gasteiger partial charge on any atom is 0.124 e. The third kappa shape index (κ3) is 3.38. The molecule has 0 spiro atoms. The molecule has 1 atom stereocenters. The Morgan fingerprint density at radius 3 is 2.68 bits per heavy atom. The largest absolute Gasteiger partial charge is 0.494 e. The summed E-state index contributed by atoms with van der Waals surface area (Å²) in [5.74, 6) is 0.956. The molecule has 0 fully saturated rings. The summed E-state index contributed by atoms with van der Waals surface area (Å²) >= 11 is 5.27. The van der Waals surface area contributed by atoms with Crippen molar-refractivity contribution in [3.8, 4) is 5.75 Å². The topological polar surface area (TPSA) is 21.3 Å². The summed E-state index contributed by atoms with van der Waals surface area (Å²) in [6, 6.07) is 10.7. The van der Waals surface area contributed by atoms with Gasteiger partial charge in [0.15, 0.2) is 0 Å². The van der Waals surface area contributed by atoms with Gasteiger partial charge in [-0.2, -0.15) is 0 Å². The van der Waals surface area contributed by atoms with E-state index in [1.165, 1.54) is 16.0 Å². The van der Waals surface area contributed by atoms with E-state index in [9.17, 15) is 0 Å². The van der Waals surface area contributed by atoms with Crippen molar-refractivity contribution < 1.29 is 4.74 Å². The Morgan fingerprint density at radius 1 is 1.32 bits per heavy atom. The third-order valence-corrected chi connectivity index (χ3v) is 4.63. The fraction of sp³-hybridized carbons (Fsp3) is 0.333. The Morgan fingerprint density at radius 2 is 2.11 bits per heavy atom. The van der Waals surface area contributed by atoms with Crippen LogP contribution >= 0.6 is 27.3 Å². The van der Waals surface area contributed by atoms with Crippen LogP contribution < -0.4 is 10.1 Å². The molecule has 2 rings (SSSR count). The molecule has 2 aromatic rings. The van der Waals surface area contributed by atoms with E-state index in [-0.39, 0.29) is 6.04 Å². The standard InChI is InChI=1S/C15H18BrNOS/c1-4-18-12-6-5-10(2)9-11(12)15(17-3)13-7-8-14(16)19-13/h5-9,15,17H,4H2,1-3H3. The molecule has 0 saturated heterocycles. The van der Waals surface area contributed by atoms with Crippen LogP contribution in [0.2, 0.25) is 0 Å². The lowest BCUT2D eigenvalue weighted by Gasteiger charge is -2.19. The van der Waals surface area contributed by atoms with Gasteiger partial charge < -0.3 is 10.1 Å². The predicted octanol–water partition coefficient (Wildman–Crippen LogP) is 4.53. The molecule has 2 nitrogen and oxygen atoms in total. The van der Waals surface area contributed by atoms with Crippen LogP contribution in [0.1, 0.15) is 29.0 Å². The van der Waals surface area contributed by atoms with Crippen molar-refractivity contribution in [3.63, 3.8) is 0 Å². The number of thiophene rings is 1. The molecule has 1 unspecified atom stereocenters. The van der Waals surface area contributed by atoms with Crippen LogP contribution in [-0.2, 0) is 0 Å². The molecular formula is C15H18BrNOS. The molecule has 1 N–H and O–H groups in total. The quantitative estimate of drug-likeness (QED) is 0.864. The highest BCUT2D eigenvalue weighted by molar-refractivity contribution is 9.11. The zero-order chi connectivity index (χ0) is 13.8. The Hall–Kier alpha value is -0.840. The number of aryl methyl sites for hydroxylation is 1. The van der Waals surface area contributed by atoms with Crippen molar-refractivity contribution in [1.29, 1.82) is 0 Å². The van der Waals surface area contributed by atoms with Crippen molar-refractivity contribution in [2.75, 3.05) is 13.7 Å². The molecule has 1 heterocycles. The van der Waals surface area contributed by atoms with Gasteiger partial charge in [0.2, 0.25) is 0 Å². The van der Waals surface area contributed by atoms with Crippen molar-refractivity contribution in [1.82, 2.24) is 5.32 Å². The van der Waals surface area contributed by atoms with E-state index >= 15 is 0 Å². The minimum Gasteiger partial charge on any atom is -0.494 e. The number of hydrogen-bond acceptors (Lipinski definition) is 3. The van der Waals surface area contributed by atoms with E-state index in [0.717, 1.165) is 9.54 Å². The monoisotopic (exact) mass is 339 g/mol. The zero-order valence-corrected chi connectivity index (χ0v) is 13.8. The lowest BCUT2D eigenvalue weighted by atomic mass is 10.0. The minimum atomic E-state index is 0.165. The van der Waals surface area contributed by atoms with Gasteiger partial charge in [0.1, 0.15) is 5.75 Å². The van der Waals surface area contributed by atoms with Gasteiger partial charge in [-0.05, 0) is 55.0 Å². The molecule has 0 saturated carbocycles. The van der Waals surface area contributed by atoms with Crippen molar-refractivity contribution in [2.45, 2.75) is 19.9 Å². The SMILES string of the molecule is CCOc1ccc(C)cc1C(NC)c1ccc(Br)s1. The van der Waals surface area contributed by atoms with Gasteiger partial charge in [0, 0.05) is 10.4 Å². The molecule has 1 aromatic heterocycles. The Balaban J connectivity index is 2.44. The second-order valence-corrected chi connectivity index (χ2v) is 6.83. The Labute approximate surface area is 126 Å². The molecule has 0 aliphatic heterocycles. The van der Waals surface area contributed by atoms with Gasteiger partial charge in [-0.25, -0.2) is 0 Å². The highest BCUT2D eigenvalue weighted by Gasteiger charge is 2.18. The molecule has 1 aromatic carbocycles. The van der Waals surface area contributed by atoms with E-state index in [1.54, 1.807) is 11.3 Å². The number of benzene rings is 1. The maximum absolute atomic E-state index is 5.76. The summed E-state index contributed by atoms with van der Waals surface area (Å²) in [5.41, 5.74) is 2.44. The molecule has 4 heteroatoms. The maximum atomic E-state index is 5.76. The first kappa shape index (κ1) is 14.6. The van der Waals surface area contributed by atoms with Gasteiger partial charge in [-0.1, -0.05) is 17.7 Å². The minimum absolute atomic E-state index is 0.165. The smallest absolute Gasteiger partial charge is 0.124 e. The average Bonchev–Trinajstić information content (AvgIpc) is 2.80. The normalized spacial score (nSPS) is 12.4. The molecule has 0 aliphatic rings. The lowest BCUT2D eigenvalue weighted by Crippen LogP contribution is -2.17. The van der Waals surface area contributed by atoms with E-state index in [4.69, 9.17) is 4.74 Å². The molecular weight excluding hydrogens is 322 g/mol. The van der Waals surface area contributed by atoms with Gasteiger partial charge in [-0.3, -0.25) is 0 Å². The van der Waals surface area contributed by atoms with Crippen LogP contribution in [0, 0.1) is 6.92 Å². The van der Waals surface area contributed by atoms with Crippen LogP contribution in [0.3, 0.4) is 0 Å². The number of ether oxygens (including phenoxy) is 1. The molecule has 0 radical (unpaired) electrons. The van der Waals surface area contributed by atoms with Crippen LogP contribution in [0.25, 0.3) is 0 Å². The first-order valence-corrected chi connectivity index (χ1v) is 7.92. The third-order valence-electron chi connectivity index (χ3n) is 2.94. The highest BCUT2D eigenvalue weighted by Crippen LogP contribution is 2.35. The van der Waals surface area contributed by atoms with Gasteiger partial charge >= 0.3 is 0 Å². The van der Waals surface area contributed by atoms with Crippen molar-refractivity contribution in [2.24, 2.45) is 0 Å². The number of hydrogen-bond donors (Lipinski definition) is 1. The molecule has 0 bridgehead atoms. The second-order valence-electron chi connectivity index (χ2n) is 4.34. The summed E-state index contributed by atoms with van der Waals surface area (Å²) in [4.78, 5) is 1.28. The summed E-state index contributed by atoms with van der Waals surface area (Å²) in [5, 5.41) is 3.38. The van der Waals surface area contributed by atoms with E-state index in [2.05, 4.69) is 58.5 Å². The van der Waals surface area contributed by atoms with Crippen LogP contribution in [0.4, 0.5) is 0 Å². The fourth-order valence-electron chi connectivity index (χ4n) is 2.11. The van der Waals surface area contributed by atoms with E-state index < -0.39 is 0 Å². The van der Waals surface area contributed by atoms with Crippen LogP contribution in [0.5, 0.6) is 5.75 Å². The molecule has 102 valence electrons. The lowest BCUT2D eigenvalue weighted by molar-refractivity contribution is 0.334. The molecule has 0 amide bonds. The molecule has 19 heavy (non-hydrogen) atoms. The number of rotatable bonds is 5. The Bertz CT molecular complexity index is 553. The van der Waals surface area contributed by atoms with Crippen LogP contribution in [0.15, 0.2) is 34.1 Å². The van der Waals surface area contributed by atoms with Gasteiger partial charge in [-0.15, -0.1) is 11.3 Å². The fourth-order valence-corrected chi connectivity index (χ4v) is 3.67. The second kappa shape index (κ2) is 6.55. The van der Waals surface area contributed by atoms with Crippen molar-refractivity contribution in [3.05, 3.63) is 50.1 Å².